The van der Waals surface area contributed by atoms with Crippen LogP contribution >= 0.6 is 0 Å². The highest BCUT2D eigenvalue weighted by Gasteiger charge is 2.09. The molecule has 2 heterocycles. The van der Waals surface area contributed by atoms with Gasteiger partial charge in [0.2, 0.25) is 5.43 Å². The van der Waals surface area contributed by atoms with E-state index in [1.807, 2.05) is 6.07 Å². The van der Waals surface area contributed by atoms with Crippen molar-refractivity contribution in [2.45, 2.75) is 0 Å². The smallest absolute Gasteiger partial charge is 0.336 e. The largest absolute Gasteiger partial charge is 0.423 e. The van der Waals surface area contributed by atoms with Gasteiger partial charge in [0.15, 0.2) is 0 Å². The maximum Gasteiger partial charge on any atom is 0.336 e. The minimum absolute atomic E-state index is 0.0289. The van der Waals surface area contributed by atoms with Crippen LogP contribution < -0.4 is 11.1 Å². The molecule has 18 heavy (non-hydrogen) atoms. The Hall–Kier alpha value is -2.87. The van der Waals surface area contributed by atoms with Gasteiger partial charge in [-0.3, -0.25) is 4.79 Å². The number of fused-ring (bicyclic) bond motifs is 3. The lowest BCUT2D eigenvalue weighted by Gasteiger charge is -2.02. The van der Waals surface area contributed by atoms with Gasteiger partial charge in [0.25, 0.3) is 0 Å². The second-order valence-electron chi connectivity index (χ2n) is 3.80. The summed E-state index contributed by atoms with van der Waals surface area (Å²) in [5, 5.41) is 9.73. The molecule has 0 aliphatic rings. The topological polar surface area (TPSA) is 86.9 Å². The summed E-state index contributed by atoms with van der Waals surface area (Å²) in [6, 6.07) is 7.86. The first kappa shape index (κ1) is 10.3. The fraction of sp³-hybridized carbons (Fsp3) is 0. The highest BCUT2D eigenvalue weighted by Crippen LogP contribution is 2.20. The number of nitriles is 1. The SMILES string of the molecule is N#Cc1c[nH]c2ccc3oc(=O)ccc3c2c1=O. The molecular weight excluding hydrogens is 232 g/mol. The van der Waals surface area contributed by atoms with Crippen molar-refractivity contribution in [3.63, 3.8) is 0 Å². The molecule has 2 aromatic heterocycles. The molecule has 0 bridgehead atoms. The van der Waals surface area contributed by atoms with Gasteiger partial charge in [0.05, 0.1) is 10.9 Å². The normalized spacial score (nSPS) is 10.6. The third-order valence-corrected chi connectivity index (χ3v) is 2.77. The van der Waals surface area contributed by atoms with Crippen LogP contribution in [-0.2, 0) is 0 Å². The number of benzene rings is 1. The van der Waals surface area contributed by atoms with E-state index in [4.69, 9.17) is 9.68 Å². The Kier molecular flexibility index (Phi) is 2.04. The molecule has 1 N–H and O–H groups in total. The van der Waals surface area contributed by atoms with Gasteiger partial charge in [-0.2, -0.15) is 5.26 Å². The second-order valence-corrected chi connectivity index (χ2v) is 3.80. The number of nitrogens with zero attached hydrogens (tertiary/aromatic N) is 1. The fourth-order valence-corrected chi connectivity index (χ4v) is 1.95. The molecule has 0 aliphatic heterocycles. The zero-order valence-corrected chi connectivity index (χ0v) is 9.06. The molecule has 0 aliphatic carbocycles. The van der Waals surface area contributed by atoms with Crippen LogP contribution in [0.1, 0.15) is 5.56 Å². The van der Waals surface area contributed by atoms with E-state index in [9.17, 15) is 9.59 Å². The van der Waals surface area contributed by atoms with Crippen molar-refractivity contribution < 1.29 is 4.42 Å². The van der Waals surface area contributed by atoms with Gasteiger partial charge in [0.1, 0.15) is 17.2 Å². The molecule has 3 rings (SSSR count). The van der Waals surface area contributed by atoms with Crippen LogP contribution in [0.25, 0.3) is 21.9 Å². The summed E-state index contributed by atoms with van der Waals surface area (Å²) < 4.78 is 5.01. The van der Waals surface area contributed by atoms with Crippen LogP contribution in [0, 0.1) is 11.3 Å². The van der Waals surface area contributed by atoms with Crippen LogP contribution in [0.5, 0.6) is 0 Å². The zero-order valence-electron chi connectivity index (χ0n) is 9.06. The molecule has 0 fully saturated rings. The van der Waals surface area contributed by atoms with E-state index in [1.165, 1.54) is 18.3 Å². The summed E-state index contributed by atoms with van der Waals surface area (Å²) >= 11 is 0. The lowest BCUT2D eigenvalue weighted by atomic mass is 10.1. The van der Waals surface area contributed by atoms with Gasteiger partial charge in [-0.1, -0.05) is 0 Å². The highest BCUT2D eigenvalue weighted by atomic mass is 16.4. The molecule has 0 amide bonds. The third-order valence-electron chi connectivity index (χ3n) is 2.77. The molecule has 0 spiro atoms. The summed E-state index contributed by atoms with van der Waals surface area (Å²) in [6.07, 6.45) is 1.37. The minimum atomic E-state index is -0.477. The number of rotatable bonds is 0. The molecule has 86 valence electrons. The highest BCUT2D eigenvalue weighted by molar-refractivity contribution is 6.03. The first-order chi connectivity index (χ1) is 8.70. The number of aromatic amines is 1. The predicted octanol–water partition coefficient (Wildman–Crippen LogP) is 1.51. The summed E-state index contributed by atoms with van der Waals surface area (Å²) in [6.45, 7) is 0. The Bertz CT molecular complexity index is 929. The molecule has 0 atom stereocenters. The number of pyridine rings is 1. The Morgan fingerprint density at radius 3 is 2.78 bits per heavy atom. The van der Waals surface area contributed by atoms with Crippen molar-refractivity contribution in [3.8, 4) is 6.07 Å². The van der Waals surface area contributed by atoms with E-state index < -0.39 is 5.63 Å². The second kappa shape index (κ2) is 3.57. The molecule has 0 radical (unpaired) electrons. The van der Waals surface area contributed by atoms with Crippen LogP contribution in [-0.4, -0.2) is 4.98 Å². The minimum Gasteiger partial charge on any atom is -0.423 e. The van der Waals surface area contributed by atoms with Gasteiger partial charge in [-0.05, 0) is 18.2 Å². The molecular formula is C13H6N2O3. The molecule has 5 heteroatoms. The van der Waals surface area contributed by atoms with E-state index >= 15 is 0 Å². The zero-order chi connectivity index (χ0) is 12.7. The lowest BCUT2D eigenvalue weighted by Crippen LogP contribution is -2.08. The number of hydrogen-bond acceptors (Lipinski definition) is 4. The van der Waals surface area contributed by atoms with Gasteiger partial charge >= 0.3 is 5.63 Å². The Labute approximate surface area is 99.9 Å². The molecule has 0 unspecified atom stereocenters. The molecule has 3 aromatic rings. The molecule has 1 aromatic carbocycles. The van der Waals surface area contributed by atoms with E-state index in [1.54, 1.807) is 12.1 Å². The van der Waals surface area contributed by atoms with E-state index in [0.29, 0.717) is 21.9 Å². The summed E-state index contributed by atoms with van der Waals surface area (Å²) in [5.41, 5.74) is 0.109. The van der Waals surface area contributed by atoms with Crippen molar-refractivity contribution in [3.05, 3.63) is 56.7 Å². The Morgan fingerprint density at radius 2 is 2.00 bits per heavy atom. The van der Waals surface area contributed by atoms with Crippen LogP contribution in [0.15, 0.2) is 44.5 Å². The average Bonchev–Trinajstić information content (AvgIpc) is 2.38. The first-order valence-corrected chi connectivity index (χ1v) is 5.19. The molecule has 5 nitrogen and oxygen atoms in total. The molecule has 0 saturated heterocycles. The third kappa shape index (κ3) is 1.33. The maximum atomic E-state index is 12.1. The van der Waals surface area contributed by atoms with Gasteiger partial charge in [-0.15, -0.1) is 0 Å². The summed E-state index contributed by atoms with van der Waals surface area (Å²) in [5.74, 6) is 0. The lowest BCUT2D eigenvalue weighted by molar-refractivity contribution is 0.561. The van der Waals surface area contributed by atoms with Crippen LogP contribution in [0.2, 0.25) is 0 Å². The summed E-state index contributed by atoms with van der Waals surface area (Å²) in [4.78, 5) is 26.1. The summed E-state index contributed by atoms with van der Waals surface area (Å²) in [7, 11) is 0. The predicted molar refractivity (Wildman–Crippen MR) is 65.3 cm³/mol. The first-order valence-electron chi connectivity index (χ1n) is 5.19. The number of H-pyrrole nitrogens is 1. The molecule has 0 saturated carbocycles. The number of hydrogen-bond donors (Lipinski definition) is 1. The van der Waals surface area contributed by atoms with Crippen molar-refractivity contribution in [2.75, 3.05) is 0 Å². The van der Waals surface area contributed by atoms with Gasteiger partial charge in [0, 0.05) is 17.6 Å². The standard InChI is InChI=1S/C13H6N2O3/c14-5-7-6-15-9-2-3-10-8(12(9)13(7)17)1-4-11(16)18-10/h1-4,6H,(H,15,17). The average molecular weight is 238 g/mol. The van der Waals surface area contributed by atoms with Crippen molar-refractivity contribution >= 4 is 21.9 Å². The van der Waals surface area contributed by atoms with Crippen molar-refractivity contribution in [1.82, 2.24) is 4.98 Å². The van der Waals surface area contributed by atoms with Crippen molar-refractivity contribution in [1.29, 1.82) is 5.26 Å². The Morgan fingerprint density at radius 1 is 1.17 bits per heavy atom. The van der Waals surface area contributed by atoms with Gasteiger partial charge < -0.3 is 9.40 Å². The number of aromatic nitrogens is 1. The quantitative estimate of drug-likeness (QED) is 0.475. The van der Waals surface area contributed by atoms with E-state index in [-0.39, 0.29) is 11.0 Å². The van der Waals surface area contributed by atoms with Crippen molar-refractivity contribution in [2.24, 2.45) is 0 Å². The van der Waals surface area contributed by atoms with Gasteiger partial charge in [-0.25, -0.2) is 4.79 Å². The van der Waals surface area contributed by atoms with Crippen LogP contribution in [0.3, 0.4) is 0 Å². The maximum absolute atomic E-state index is 12.1. The number of nitrogens with one attached hydrogen (secondary N) is 1. The van der Waals surface area contributed by atoms with E-state index in [0.717, 1.165) is 0 Å². The van der Waals surface area contributed by atoms with Crippen LogP contribution in [0.4, 0.5) is 0 Å². The fourth-order valence-electron chi connectivity index (χ4n) is 1.95. The monoisotopic (exact) mass is 238 g/mol. The van der Waals surface area contributed by atoms with E-state index in [2.05, 4.69) is 4.98 Å². The Balaban J connectivity index is 2.65.